The van der Waals surface area contributed by atoms with Crippen LogP contribution in [-0.2, 0) is 14.6 Å². The third-order valence-corrected chi connectivity index (χ3v) is 6.13. The molecule has 6 heteroatoms. The number of carbonyl (C=O) groups is 1. The molecule has 0 aromatic carbocycles. The zero-order valence-corrected chi connectivity index (χ0v) is 11.7. The van der Waals surface area contributed by atoms with Crippen molar-refractivity contribution in [2.75, 3.05) is 25.1 Å². The fourth-order valence-corrected chi connectivity index (χ4v) is 4.94. The number of nitrogens with zero attached hydrogens (tertiary/aromatic N) is 1. The highest BCUT2D eigenvalue weighted by Crippen LogP contribution is 2.33. The molecule has 18 heavy (non-hydrogen) atoms. The Morgan fingerprint density at radius 2 is 2.06 bits per heavy atom. The molecule has 1 saturated carbocycles. The van der Waals surface area contributed by atoms with Crippen LogP contribution in [0, 0.1) is 11.8 Å². The number of amides is 1. The molecule has 1 amide bonds. The SMILES string of the molecule is CN(C(=O)C1CCCC1CN)C1CCS(=O)(=O)C1. The third-order valence-electron chi connectivity index (χ3n) is 4.38. The molecule has 1 saturated heterocycles. The van der Waals surface area contributed by atoms with Crippen LogP contribution in [0.4, 0.5) is 0 Å². The van der Waals surface area contributed by atoms with Gasteiger partial charge in [-0.05, 0) is 31.7 Å². The lowest BCUT2D eigenvalue weighted by atomic mass is 9.94. The van der Waals surface area contributed by atoms with Gasteiger partial charge in [0.05, 0.1) is 11.5 Å². The Bertz CT molecular complexity index is 421. The first-order valence-corrected chi connectivity index (χ1v) is 8.44. The summed E-state index contributed by atoms with van der Waals surface area (Å²) in [5.74, 6) is 0.696. The Kier molecular flexibility index (Phi) is 3.96. The fourth-order valence-electron chi connectivity index (χ4n) is 3.17. The Morgan fingerprint density at radius 1 is 1.33 bits per heavy atom. The van der Waals surface area contributed by atoms with E-state index in [4.69, 9.17) is 5.73 Å². The highest BCUT2D eigenvalue weighted by Gasteiger charge is 2.38. The molecule has 1 heterocycles. The Labute approximate surface area is 109 Å². The van der Waals surface area contributed by atoms with Gasteiger partial charge in [0, 0.05) is 19.0 Å². The molecule has 3 atom stereocenters. The number of nitrogens with two attached hydrogens (primary N) is 1. The van der Waals surface area contributed by atoms with Crippen molar-refractivity contribution in [2.45, 2.75) is 31.7 Å². The standard InChI is InChI=1S/C12H22N2O3S/c1-14(10-5-6-18(16,17)8-10)12(15)11-4-2-3-9(11)7-13/h9-11H,2-8,13H2,1H3. The molecule has 3 unspecified atom stereocenters. The second-order valence-corrected chi connectivity index (χ2v) is 7.77. The highest BCUT2D eigenvalue weighted by atomic mass is 32.2. The van der Waals surface area contributed by atoms with E-state index < -0.39 is 9.84 Å². The van der Waals surface area contributed by atoms with Gasteiger partial charge in [0.2, 0.25) is 5.91 Å². The van der Waals surface area contributed by atoms with Crippen LogP contribution in [0.5, 0.6) is 0 Å². The minimum absolute atomic E-state index is 0.00306. The van der Waals surface area contributed by atoms with E-state index in [1.54, 1.807) is 11.9 Å². The first-order chi connectivity index (χ1) is 8.44. The summed E-state index contributed by atoms with van der Waals surface area (Å²) in [6.45, 7) is 0.549. The largest absolute Gasteiger partial charge is 0.341 e. The molecule has 1 aliphatic heterocycles. The van der Waals surface area contributed by atoms with Crippen LogP contribution in [0.25, 0.3) is 0 Å². The molecule has 0 aromatic rings. The van der Waals surface area contributed by atoms with E-state index >= 15 is 0 Å². The van der Waals surface area contributed by atoms with Gasteiger partial charge < -0.3 is 10.6 Å². The van der Waals surface area contributed by atoms with E-state index in [9.17, 15) is 13.2 Å². The van der Waals surface area contributed by atoms with Gasteiger partial charge in [0.1, 0.15) is 0 Å². The van der Waals surface area contributed by atoms with Crippen molar-refractivity contribution in [2.24, 2.45) is 17.6 Å². The van der Waals surface area contributed by atoms with Crippen LogP contribution in [0.3, 0.4) is 0 Å². The molecule has 0 spiro atoms. The minimum Gasteiger partial charge on any atom is -0.341 e. The average molecular weight is 274 g/mol. The third kappa shape index (κ3) is 2.69. The molecule has 2 rings (SSSR count). The van der Waals surface area contributed by atoms with Crippen molar-refractivity contribution in [1.29, 1.82) is 0 Å². The van der Waals surface area contributed by atoms with E-state index in [-0.39, 0.29) is 35.3 Å². The summed E-state index contributed by atoms with van der Waals surface area (Å²) in [5.41, 5.74) is 5.69. The van der Waals surface area contributed by atoms with E-state index in [1.165, 1.54) is 0 Å². The van der Waals surface area contributed by atoms with Crippen LogP contribution in [-0.4, -0.2) is 50.4 Å². The van der Waals surface area contributed by atoms with Crippen LogP contribution in [0.2, 0.25) is 0 Å². The van der Waals surface area contributed by atoms with Gasteiger partial charge in [0.15, 0.2) is 9.84 Å². The summed E-state index contributed by atoms with van der Waals surface area (Å²) in [5, 5.41) is 0. The maximum atomic E-state index is 12.4. The maximum Gasteiger partial charge on any atom is 0.226 e. The number of hydrogen-bond acceptors (Lipinski definition) is 4. The Balaban J connectivity index is 2.01. The number of sulfone groups is 1. The summed E-state index contributed by atoms with van der Waals surface area (Å²) in [6.07, 6.45) is 3.54. The van der Waals surface area contributed by atoms with Crippen LogP contribution >= 0.6 is 0 Å². The molecule has 0 bridgehead atoms. The predicted octanol–water partition coefficient (Wildman–Crippen LogP) is 0.00690. The number of hydrogen-bond donors (Lipinski definition) is 1. The second-order valence-electron chi connectivity index (χ2n) is 5.54. The number of rotatable bonds is 3. The lowest BCUT2D eigenvalue weighted by Gasteiger charge is -2.28. The van der Waals surface area contributed by atoms with Crippen molar-refractivity contribution in [3.05, 3.63) is 0 Å². The van der Waals surface area contributed by atoms with Gasteiger partial charge in [-0.2, -0.15) is 0 Å². The van der Waals surface area contributed by atoms with Crippen LogP contribution < -0.4 is 5.73 Å². The van der Waals surface area contributed by atoms with Crippen molar-refractivity contribution in [1.82, 2.24) is 4.90 Å². The molecule has 2 aliphatic rings. The van der Waals surface area contributed by atoms with Gasteiger partial charge in [-0.15, -0.1) is 0 Å². The first kappa shape index (κ1) is 13.8. The quantitative estimate of drug-likeness (QED) is 0.786. The fraction of sp³-hybridized carbons (Fsp3) is 0.917. The van der Waals surface area contributed by atoms with Gasteiger partial charge in [-0.1, -0.05) is 6.42 Å². The molecule has 2 N–H and O–H groups in total. The molecule has 2 fully saturated rings. The van der Waals surface area contributed by atoms with Gasteiger partial charge in [-0.3, -0.25) is 4.79 Å². The molecular formula is C12H22N2O3S. The van der Waals surface area contributed by atoms with Crippen LogP contribution in [0.1, 0.15) is 25.7 Å². The molecule has 104 valence electrons. The molecular weight excluding hydrogens is 252 g/mol. The molecule has 1 aliphatic carbocycles. The second kappa shape index (κ2) is 5.17. The van der Waals surface area contributed by atoms with Gasteiger partial charge in [0.25, 0.3) is 0 Å². The monoisotopic (exact) mass is 274 g/mol. The topological polar surface area (TPSA) is 80.5 Å². The Morgan fingerprint density at radius 3 is 2.61 bits per heavy atom. The molecule has 0 radical (unpaired) electrons. The summed E-state index contributed by atoms with van der Waals surface area (Å²) >= 11 is 0. The summed E-state index contributed by atoms with van der Waals surface area (Å²) in [6, 6.07) is -0.137. The van der Waals surface area contributed by atoms with Gasteiger partial charge in [-0.25, -0.2) is 8.42 Å². The predicted molar refractivity (Wildman–Crippen MR) is 69.7 cm³/mol. The highest BCUT2D eigenvalue weighted by molar-refractivity contribution is 7.91. The van der Waals surface area contributed by atoms with Crippen molar-refractivity contribution in [3.8, 4) is 0 Å². The van der Waals surface area contributed by atoms with E-state index in [1.807, 2.05) is 0 Å². The zero-order chi connectivity index (χ0) is 13.3. The Hall–Kier alpha value is -0.620. The maximum absolute atomic E-state index is 12.4. The lowest BCUT2D eigenvalue weighted by Crippen LogP contribution is -2.43. The van der Waals surface area contributed by atoms with E-state index in [2.05, 4.69) is 0 Å². The lowest BCUT2D eigenvalue weighted by molar-refractivity contribution is -0.136. The van der Waals surface area contributed by atoms with Crippen molar-refractivity contribution < 1.29 is 13.2 Å². The molecule has 5 nitrogen and oxygen atoms in total. The first-order valence-electron chi connectivity index (χ1n) is 6.62. The van der Waals surface area contributed by atoms with E-state index in [0.717, 1.165) is 19.3 Å². The summed E-state index contributed by atoms with van der Waals surface area (Å²) in [7, 11) is -1.20. The van der Waals surface area contributed by atoms with E-state index in [0.29, 0.717) is 13.0 Å². The summed E-state index contributed by atoms with van der Waals surface area (Å²) < 4.78 is 22.9. The van der Waals surface area contributed by atoms with Gasteiger partial charge >= 0.3 is 0 Å². The average Bonchev–Trinajstić information content (AvgIpc) is 2.92. The van der Waals surface area contributed by atoms with Crippen molar-refractivity contribution in [3.63, 3.8) is 0 Å². The summed E-state index contributed by atoms with van der Waals surface area (Å²) in [4.78, 5) is 14.0. The zero-order valence-electron chi connectivity index (χ0n) is 10.8. The number of carbonyl (C=O) groups excluding carboxylic acids is 1. The molecule has 0 aromatic heterocycles. The van der Waals surface area contributed by atoms with Crippen molar-refractivity contribution >= 4 is 15.7 Å². The normalized spacial score (nSPS) is 34.7. The minimum atomic E-state index is -2.94. The van der Waals surface area contributed by atoms with Crippen LogP contribution in [0.15, 0.2) is 0 Å². The smallest absolute Gasteiger partial charge is 0.226 e.